The van der Waals surface area contributed by atoms with Gasteiger partial charge in [0.25, 0.3) is 5.91 Å². The number of ketones is 1. The van der Waals surface area contributed by atoms with Crippen molar-refractivity contribution in [1.82, 2.24) is 0 Å². The lowest BCUT2D eigenvalue weighted by atomic mass is 10.1. The maximum atomic E-state index is 12.3. The molecule has 2 aromatic rings. The van der Waals surface area contributed by atoms with Gasteiger partial charge in [-0.3, -0.25) is 9.59 Å². The van der Waals surface area contributed by atoms with E-state index in [4.69, 9.17) is 14.2 Å². The number of carbonyl (C=O) groups excluding carboxylic acids is 4. The minimum absolute atomic E-state index is 0.0740. The first-order valence-corrected chi connectivity index (χ1v) is 10.6. The summed E-state index contributed by atoms with van der Waals surface area (Å²) < 4.78 is 15.3. The number of hydrogen-bond acceptors (Lipinski definition) is 8. The van der Waals surface area contributed by atoms with E-state index in [2.05, 4.69) is 5.32 Å². The Labute approximate surface area is 184 Å². The van der Waals surface area contributed by atoms with Gasteiger partial charge in [0.2, 0.25) is 0 Å². The molecule has 166 valence electrons. The molecule has 0 unspecified atom stereocenters. The zero-order chi connectivity index (χ0) is 23.0. The van der Waals surface area contributed by atoms with Gasteiger partial charge in [0.05, 0.1) is 12.2 Å². The largest absolute Gasteiger partial charge is 0.482 e. The van der Waals surface area contributed by atoms with Gasteiger partial charge in [-0.05, 0) is 57.0 Å². The van der Waals surface area contributed by atoms with Gasteiger partial charge in [-0.2, -0.15) is 0 Å². The molecule has 0 aliphatic carbocycles. The monoisotopic (exact) mass is 447 g/mol. The highest BCUT2D eigenvalue weighted by atomic mass is 32.1. The van der Waals surface area contributed by atoms with Crippen LogP contribution in [0.5, 0.6) is 5.75 Å². The van der Waals surface area contributed by atoms with Crippen molar-refractivity contribution in [2.75, 3.05) is 25.1 Å². The highest BCUT2D eigenvalue weighted by Gasteiger charge is 2.23. The van der Waals surface area contributed by atoms with E-state index >= 15 is 0 Å². The van der Waals surface area contributed by atoms with E-state index in [9.17, 15) is 19.2 Å². The molecule has 0 spiro atoms. The Morgan fingerprint density at radius 1 is 1.00 bits per heavy atom. The van der Waals surface area contributed by atoms with Crippen molar-refractivity contribution in [2.24, 2.45) is 0 Å². The smallest absolute Gasteiger partial charge is 0.344 e. The average molecular weight is 448 g/mol. The summed E-state index contributed by atoms with van der Waals surface area (Å²) in [6.45, 7) is 6.25. The van der Waals surface area contributed by atoms with Crippen molar-refractivity contribution < 1.29 is 33.4 Å². The number of anilines is 1. The summed E-state index contributed by atoms with van der Waals surface area (Å²) in [6, 6.07) is 6.31. The van der Waals surface area contributed by atoms with Crippen LogP contribution >= 0.6 is 11.3 Å². The number of amides is 1. The molecule has 8 nitrogen and oxygen atoms in total. The fourth-order valence-electron chi connectivity index (χ4n) is 2.79. The molecule has 0 saturated carbocycles. The molecule has 1 heterocycles. The minimum Gasteiger partial charge on any atom is -0.482 e. The number of esters is 2. The SMILES string of the molecule is CCOC(=O)c1c(NC(=O)COC(=O)COc2ccc(C(C)=O)cc2)sc(C)c1CC. The van der Waals surface area contributed by atoms with Gasteiger partial charge in [0.15, 0.2) is 19.0 Å². The molecule has 1 N–H and O–H groups in total. The molecule has 0 radical (unpaired) electrons. The molecule has 0 bridgehead atoms. The summed E-state index contributed by atoms with van der Waals surface area (Å²) >= 11 is 1.27. The lowest BCUT2D eigenvalue weighted by Gasteiger charge is -2.09. The Kier molecular flexibility index (Phi) is 8.75. The molecule has 0 atom stereocenters. The molecule has 31 heavy (non-hydrogen) atoms. The van der Waals surface area contributed by atoms with Crippen LogP contribution in [0.2, 0.25) is 0 Å². The van der Waals surface area contributed by atoms with Crippen LogP contribution in [0.4, 0.5) is 5.00 Å². The van der Waals surface area contributed by atoms with Crippen molar-refractivity contribution >= 4 is 40.0 Å². The minimum atomic E-state index is -0.729. The van der Waals surface area contributed by atoms with Crippen molar-refractivity contribution in [3.63, 3.8) is 0 Å². The molecule has 2 rings (SSSR count). The Hall–Kier alpha value is -3.20. The Morgan fingerprint density at radius 2 is 1.68 bits per heavy atom. The van der Waals surface area contributed by atoms with Gasteiger partial charge >= 0.3 is 11.9 Å². The van der Waals surface area contributed by atoms with Crippen LogP contribution in [-0.2, 0) is 25.5 Å². The summed E-state index contributed by atoms with van der Waals surface area (Å²) in [5.74, 6) is -1.48. The van der Waals surface area contributed by atoms with Crippen molar-refractivity contribution in [3.8, 4) is 5.75 Å². The highest BCUT2D eigenvalue weighted by Crippen LogP contribution is 2.34. The predicted octanol–water partition coefficient (Wildman–Crippen LogP) is 3.56. The van der Waals surface area contributed by atoms with Gasteiger partial charge in [-0.15, -0.1) is 11.3 Å². The number of nitrogens with one attached hydrogen (secondary N) is 1. The van der Waals surface area contributed by atoms with Crippen LogP contribution in [0.3, 0.4) is 0 Å². The highest BCUT2D eigenvalue weighted by molar-refractivity contribution is 7.16. The fraction of sp³-hybridized carbons (Fsp3) is 0.364. The Balaban J connectivity index is 1.89. The van der Waals surface area contributed by atoms with Crippen LogP contribution in [0.15, 0.2) is 24.3 Å². The Bertz CT molecular complexity index is 963. The standard InChI is InChI=1S/C22H25NO7S/c1-5-17-14(4)31-21(20(17)22(27)28-6-2)23-18(25)11-30-19(26)12-29-16-9-7-15(8-10-16)13(3)24/h7-10H,5-6,11-12H2,1-4H3,(H,23,25). The molecule has 0 saturated heterocycles. The summed E-state index contributed by atoms with van der Waals surface area (Å²) in [5.41, 5.74) is 1.69. The van der Waals surface area contributed by atoms with Gasteiger partial charge in [0.1, 0.15) is 10.8 Å². The Morgan fingerprint density at radius 3 is 2.26 bits per heavy atom. The van der Waals surface area contributed by atoms with E-state index in [-0.39, 0.29) is 12.4 Å². The maximum absolute atomic E-state index is 12.3. The number of aryl methyl sites for hydroxylation is 1. The van der Waals surface area contributed by atoms with E-state index in [1.165, 1.54) is 18.3 Å². The van der Waals surface area contributed by atoms with Crippen molar-refractivity contribution in [1.29, 1.82) is 0 Å². The average Bonchev–Trinajstić information content (AvgIpc) is 3.05. The lowest BCUT2D eigenvalue weighted by Crippen LogP contribution is -2.24. The van der Waals surface area contributed by atoms with E-state index in [0.717, 1.165) is 10.4 Å². The van der Waals surface area contributed by atoms with Crippen LogP contribution < -0.4 is 10.1 Å². The quantitative estimate of drug-likeness (QED) is 0.438. The van der Waals surface area contributed by atoms with Crippen molar-refractivity contribution in [2.45, 2.75) is 34.1 Å². The molecule has 1 aromatic heterocycles. The fourth-order valence-corrected chi connectivity index (χ4v) is 3.94. The van der Waals surface area contributed by atoms with Crippen LogP contribution in [0.1, 0.15) is 51.9 Å². The summed E-state index contributed by atoms with van der Waals surface area (Å²) in [5, 5.41) is 2.99. The predicted molar refractivity (Wildman–Crippen MR) is 116 cm³/mol. The first-order valence-electron chi connectivity index (χ1n) is 9.75. The summed E-state index contributed by atoms with van der Waals surface area (Å²) in [6.07, 6.45) is 0.617. The van der Waals surface area contributed by atoms with Gasteiger partial charge in [-0.1, -0.05) is 6.92 Å². The first-order chi connectivity index (χ1) is 14.8. The third kappa shape index (κ3) is 6.65. The number of benzene rings is 1. The third-order valence-electron chi connectivity index (χ3n) is 4.28. The van der Waals surface area contributed by atoms with Crippen LogP contribution in [-0.4, -0.2) is 43.4 Å². The van der Waals surface area contributed by atoms with Gasteiger partial charge < -0.3 is 19.5 Å². The molecule has 0 aliphatic rings. The van der Waals surface area contributed by atoms with E-state index < -0.39 is 31.1 Å². The topological polar surface area (TPSA) is 108 Å². The van der Waals surface area contributed by atoms with Crippen molar-refractivity contribution in [3.05, 3.63) is 45.8 Å². The number of Topliss-reactive ketones (excluding diaryl/α,β-unsaturated/α-hetero) is 1. The molecule has 9 heteroatoms. The first kappa shape index (κ1) is 24.1. The lowest BCUT2D eigenvalue weighted by molar-refractivity contribution is -0.149. The maximum Gasteiger partial charge on any atom is 0.344 e. The zero-order valence-corrected chi connectivity index (χ0v) is 18.7. The second-order valence-electron chi connectivity index (χ2n) is 6.49. The zero-order valence-electron chi connectivity index (χ0n) is 17.9. The van der Waals surface area contributed by atoms with Crippen LogP contribution in [0.25, 0.3) is 0 Å². The molecular formula is C22H25NO7S. The number of rotatable bonds is 10. The number of carbonyl (C=O) groups is 4. The molecule has 0 aliphatic heterocycles. The van der Waals surface area contributed by atoms with E-state index in [0.29, 0.717) is 28.3 Å². The number of hydrogen-bond donors (Lipinski definition) is 1. The summed E-state index contributed by atoms with van der Waals surface area (Å²) in [4.78, 5) is 48.5. The second-order valence-corrected chi connectivity index (χ2v) is 7.72. The summed E-state index contributed by atoms with van der Waals surface area (Å²) in [7, 11) is 0. The number of thiophene rings is 1. The number of ether oxygens (including phenoxy) is 3. The van der Waals surface area contributed by atoms with Gasteiger partial charge in [0, 0.05) is 10.4 Å². The molecular weight excluding hydrogens is 422 g/mol. The molecule has 0 fully saturated rings. The second kappa shape index (κ2) is 11.3. The normalized spacial score (nSPS) is 10.3. The van der Waals surface area contributed by atoms with E-state index in [1.54, 1.807) is 31.2 Å². The van der Waals surface area contributed by atoms with E-state index in [1.807, 2.05) is 13.8 Å². The van der Waals surface area contributed by atoms with Gasteiger partial charge in [-0.25, -0.2) is 9.59 Å². The molecule has 1 amide bonds. The molecule has 1 aromatic carbocycles. The third-order valence-corrected chi connectivity index (χ3v) is 5.34. The van der Waals surface area contributed by atoms with Crippen LogP contribution in [0, 0.1) is 6.92 Å².